The van der Waals surface area contributed by atoms with Gasteiger partial charge in [-0.15, -0.1) is 0 Å². The number of carboxylic acids is 1. The average Bonchev–Trinajstić information content (AvgIpc) is 2.79. The number of carboxylic acid groups (broad SMARTS) is 1. The number of hydrogen-bond acceptors (Lipinski definition) is 5. The predicted octanol–water partition coefficient (Wildman–Crippen LogP) is 1.55. The maximum Gasteiger partial charge on any atom is 0.323 e. The Morgan fingerprint density at radius 1 is 1.56 bits per heavy atom. The summed E-state index contributed by atoms with van der Waals surface area (Å²) in [6.07, 6.45) is 1.03. The molecule has 1 aromatic rings. The number of ether oxygens (including phenoxy) is 1. The molecule has 1 rings (SSSR count). The molecule has 0 bridgehead atoms. The smallest absolute Gasteiger partial charge is 0.323 e. The average molecular weight is 256 g/mol. The van der Waals surface area contributed by atoms with Gasteiger partial charge in [-0.05, 0) is 12.8 Å². The van der Waals surface area contributed by atoms with Crippen molar-refractivity contribution in [1.29, 1.82) is 0 Å². The van der Waals surface area contributed by atoms with E-state index in [1.54, 1.807) is 13.2 Å². The van der Waals surface area contributed by atoms with E-state index < -0.39 is 11.5 Å². The number of carbonyl (C=O) groups is 1. The van der Waals surface area contributed by atoms with Crippen LogP contribution in [0, 0.1) is 0 Å². The van der Waals surface area contributed by atoms with Crippen LogP contribution in [0.2, 0.25) is 0 Å². The monoisotopic (exact) mass is 256 g/mol. The van der Waals surface area contributed by atoms with E-state index in [1.165, 1.54) is 0 Å². The first kappa shape index (κ1) is 14.7. The van der Waals surface area contributed by atoms with Crippen molar-refractivity contribution >= 4 is 5.97 Å². The van der Waals surface area contributed by atoms with E-state index in [0.717, 1.165) is 0 Å². The first-order valence-electron chi connectivity index (χ1n) is 5.99. The highest BCUT2D eigenvalue weighted by Gasteiger charge is 2.34. The molecule has 0 aliphatic carbocycles. The van der Waals surface area contributed by atoms with Crippen LogP contribution in [0.25, 0.3) is 0 Å². The minimum absolute atomic E-state index is 0.360. The Kier molecular flexibility index (Phi) is 5.30. The molecule has 102 valence electrons. The van der Waals surface area contributed by atoms with Crippen LogP contribution in [-0.4, -0.2) is 28.9 Å². The zero-order valence-corrected chi connectivity index (χ0v) is 11.0. The van der Waals surface area contributed by atoms with Crippen molar-refractivity contribution in [2.24, 2.45) is 0 Å². The van der Waals surface area contributed by atoms with Gasteiger partial charge in [0.05, 0.1) is 5.69 Å². The van der Waals surface area contributed by atoms with Gasteiger partial charge < -0.3 is 14.4 Å². The fraction of sp³-hybridized carbons (Fsp3) is 0.667. The van der Waals surface area contributed by atoms with E-state index in [9.17, 15) is 9.90 Å². The Morgan fingerprint density at radius 2 is 2.22 bits per heavy atom. The first-order valence-corrected chi connectivity index (χ1v) is 5.99. The van der Waals surface area contributed by atoms with Gasteiger partial charge in [-0.3, -0.25) is 10.1 Å². The molecular formula is C12H20N2O4. The summed E-state index contributed by atoms with van der Waals surface area (Å²) in [6, 6.07) is 1.76. The molecule has 2 N–H and O–H groups in total. The molecule has 6 nitrogen and oxygen atoms in total. The molecule has 6 heteroatoms. The molecule has 0 aromatic carbocycles. The van der Waals surface area contributed by atoms with E-state index in [4.69, 9.17) is 9.26 Å². The summed E-state index contributed by atoms with van der Waals surface area (Å²) in [7, 11) is 1.57. The fourth-order valence-electron chi connectivity index (χ4n) is 1.79. The maximum absolute atomic E-state index is 11.3. The molecule has 0 aliphatic heterocycles. The number of nitrogens with one attached hydrogen (secondary N) is 1. The first-order chi connectivity index (χ1) is 8.57. The molecule has 0 saturated heterocycles. The number of aliphatic carboxylic acids is 1. The maximum atomic E-state index is 11.3. The van der Waals surface area contributed by atoms with Gasteiger partial charge in [-0.25, -0.2) is 0 Å². The fourth-order valence-corrected chi connectivity index (χ4v) is 1.79. The van der Waals surface area contributed by atoms with Crippen LogP contribution >= 0.6 is 0 Å². The van der Waals surface area contributed by atoms with Gasteiger partial charge in [0.2, 0.25) is 0 Å². The van der Waals surface area contributed by atoms with E-state index >= 15 is 0 Å². The van der Waals surface area contributed by atoms with Gasteiger partial charge in [-0.2, -0.15) is 0 Å². The van der Waals surface area contributed by atoms with E-state index in [1.807, 2.05) is 13.8 Å². The van der Waals surface area contributed by atoms with Crippen molar-refractivity contribution in [3.05, 3.63) is 17.5 Å². The highest BCUT2D eigenvalue weighted by molar-refractivity contribution is 5.78. The van der Waals surface area contributed by atoms with Crippen molar-refractivity contribution in [1.82, 2.24) is 10.5 Å². The largest absolute Gasteiger partial charge is 0.480 e. The van der Waals surface area contributed by atoms with Crippen LogP contribution in [0.15, 0.2) is 10.6 Å². The third-order valence-corrected chi connectivity index (χ3v) is 3.12. The number of aromatic nitrogens is 1. The van der Waals surface area contributed by atoms with Crippen LogP contribution in [0.3, 0.4) is 0 Å². The Balaban J connectivity index is 2.64. The summed E-state index contributed by atoms with van der Waals surface area (Å²) in [4.78, 5) is 11.3. The molecule has 0 aliphatic rings. The summed E-state index contributed by atoms with van der Waals surface area (Å²) in [5, 5.41) is 16.2. The molecule has 0 radical (unpaired) electrons. The molecule has 0 atom stereocenters. The third-order valence-electron chi connectivity index (χ3n) is 3.12. The Hall–Kier alpha value is -1.40. The van der Waals surface area contributed by atoms with Crippen molar-refractivity contribution in [3.63, 3.8) is 0 Å². The molecular weight excluding hydrogens is 236 g/mol. The second kappa shape index (κ2) is 6.51. The Morgan fingerprint density at radius 3 is 2.72 bits per heavy atom. The molecule has 1 aromatic heterocycles. The molecule has 0 unspecified atom stereocenters. The Bertz CT molecular complexity index is 385. The van der Waals surface area contributed by atoms with Crippen LogP contribution in [0.4, 0.5) is 0 Å². The second-order valence-corrected chi connectivity index (χ2v) is 4.17. The number of nitrogens with zero attached hydrogens (tertiary/aromatic N) is 1. The molecule has 18 heavy (non-hydrogen) atoms. The zero-order valence-electron chi connectivity index (χ0n) is 11.0. The van der Waals surface area contributed by atoms with E-state index in [-0.39, 0.29) is 0 Å². The topological polar surface area (TPSA) is 84.6 Å². The van der Waals surface area contributed by atoms with E-state index in [2.05, 4.69) is 10.5 Å². The Labute approximate surface area is 106 Å². The summed E-state index contributed by atoms with van der Waals surface area (Å²) in [6.45, 7) is 4.42. The van der Waals surface area contributed by atoms with E-state index in [0.29, 0.717) is 37.4 Å². The van der Waals surface area contributed by atoms with Gasteiger partial charge in [0.15, 0.2) is 5.76 Å². The number of hydrogen-bond donors (Lipinski definition) is 2. The normalized spacial score (nSPS) is 11.7. The number of rotatable bonds is 8. The lowest BCUT2D eigenvalue weighted by Crippen LogP contribution is -2.50. The minimum atomic E-state index is -0.902. The highest BCUT2D eigenvalue weighted by atomic mass is 16.5. The third kappa shape index (κ3) is 3.30. The van der Waals surface area contributed by atoms with Crippen LogP contribution in [0.5, 0.6) is 0 Å². The van der Waals surface area contributed by atoms with Crippen LogP contribution in [-0.2, 0) is 22.7 Å². The molecule has 0 saturated carbocycles. The van der Waals surface area contributed by atoms with Gasteiger partial charge >= 0.3 is 5.97 Å². The SMILES string of the molecule is CCC(CC)(NCc1cc(COC)on1)C(=O)O. The highest BCUT2D eigenvalue weighted by Crippen LogP contribution is 2.16. The lowest BCUT2D eigenvalue weighted by Gasteiger charge is -2.27. The van der Waals surface area contributed by atoms with Crippen molar-refractivity contribution in [2.75, 3.05) is 7.11 Å². The lowest BCUT2D eigenvalue weighted by molar-refractivity contribution is -0.145. The predicted molar refractivity (Wildman–Crippen MR) is 65.0 cm³/mol. The van der Waals surface area contributed by atoms with Gasteiger partial charge in [-0.1, -0.05) is 19.0 Å². The number of methoxy groups -OCH3 is 1. The van der Waals surface area contributed by atoms with Crippen LogP contribution < -0.4 is 5.32 Å². The molecule has 0 fully saturated rings. The van der Waals surface area contributed by atoms with Gasteiger partial charge in [0, 0.05) is 19.7 Å². The summed E-state index contributed by atoms with van der Waals surface area (Å²) in [5.74, 6) is -0.212. The summed E-state index contributed by atoms with van der Waals surface area (Å²) in [5.41, 5.74) is -0.227. The zero-order chi connectivity index (χ0) is 13.6. The quantitative estimate of drug-likeness (QED) is 0.734. The van der Waals surface area contributed by atoms with Gasteiger partial charge in [0.25, 0.3) is 0 Å². The van der Waals surface area contributed by atoms with Crippen molar-refractivity contribution < 1.29 is 19.2 Å². The standard InChI is InChI=1S/C12H20N2O4/c1-4-12(5-2,11(15)16)13-7-9-6-10(8-17-3)18-14-9/h6,13H,4-5,7-8H2,1-3H3,(H,15,16). The van der Waals surface area contributed by atoms with Crippen molar-refractivity contribution in [3.8, 4) is 0 Å². The summed E-state index contributed by atoms with van der Waals surface area (Å²) >= 11 is 0. The van der Waals surface area contributed by atoms with Crippen LogP contribution in [0.1, 0.15) is 38.1 Å². The summed E-state index contributed by atoms with van der Waals surface area (Å²) < 4.78 is 9.95. The second-order valence-electron chi connectivity index (χ2n) is 4.17. The molecule has 1 heterocycles. The lowest BCUT2D eigenvalue weighted by atomic mass is 9.93. The molecule has 0 amide bonds. The van der Waals surface area contributed by atoms with Gasteiger partial charge in [0.1, 0.15) is 12.1 Å². The minimum Gasteiger partial charge on any atom is -0.480 e. The van der Waals surface area contributed by atoms with Crippen molar-refractivity contribution in [2.45, 2.75) is 45.4 Å². The molecule has 0 spiro atoms.